The Kier molecular flexibility index (Phi) is 9.80. The molecule has 4 fully saturated rings. The third-order valence-corrected chi connectivity index (χ3v) is 13.5. The van der Waals surface area contributed by atoms with Gasteiger partial charge in [-0.3, -0.25) is 23.9 Å². The Labute approximate surface area is 319 Å². The normalized spacial score (nSPS) is 30.1. The number of aromatic nitrogens is 1. The molecule has 7 bridgehead atoms. The Morgan fingerprint density at radius 1 is 0.927 bits per heavy atom. The molecule has 0 radical (unpaired) electrons. The highest BCUT2D eigenvalue weighted by Gasteiger charge is 2.62. The Morgan fingerprint density at radius 3 is 2.51 bits per heavy atom. The molecule has 3 aliphatic carbocycles. The highest BCUT2D eigenvalue weighted by Crippen LogP contribution is 2.47. The van der Waals surface area contributed by atoms with Crippen molar-refractivity contribution in [2.75, 3.05) is 19.8 Å². The number of hydrogen-bond acceptors (Lipinski definition) is 10. The number of allylic oxidation sites excluding steroid dienone is 1. The second-order valence-corrected chi connectivity index (χ2v) is 17.9. The molecular weight excluding hydrogens is 729 g/mol. The van der Waals surface area contributed by atoms with Gasteiger partial charge < -0.3 is 30.3 Å². The van der Waals surface area contributed by atoms with Crippen molar-refractivity contribution in [3.05, 3.63) is 60.3 Å². The molecule has 0 unspecified atom stereocenters. The molecule has 8 rings (SSSR count). The van der Waals surface area contributed by atoms with Crippen LogP contribution in [0.15, 0.2) is 54.6 Å². The van der Waals surface area contributed by atoms with Gasteiger partial charge >= 0.3 is 6.09 Å². The van der Waals surface area contributed by atoms with Gasteiger partial charge in [0.15, 0.2) is 0 Å². The van der Waals surface area contributed by atoms with Gasteiger partial charge in [-0.1, -0.05) is 43.2 Å². The number of ether oxygens (including phenoxy) is 2. The fourth-order valence-electron chi connectivity index (χ4n) is 7.78. The lowest BCUT2D eigenvalue weighted by molar-refractivity contribution is -0.141. The van der Waals surface area contributed by atoms with Crippen molar-refractivity contribution in [2.45, 2.75) is 99.5 Å². The average molecular weight is 775 g/mol. The first-order valence-corrected chi connectivity index (χ1v) is 20.8. The van der Waals surface area contributed by atoms with E-state index in [-0.39, 0.29) is 43.5 Å². The first-order valence-electron chi connectivity index (χ1n) is 19.2. The molecule has 5 amide bonds. The van der Waals surface area contributed by atoms with Crippen LogP contribution in [0.5, 0.6) is 5.75 Å². The molecule has 3 saturated carbocycles. The summed E-state index contributed by atoms with van der Waals surface area (Å²) in [4.78, 5) is 75.5. The molecule has 1 saturated heterocycles. The van der Waals surface area contributed by atoms with E-state index in [0.29, 0.717) is 43.7 Å². The Balaban J connectivity index is 1.11. The Morgan fingerprint density at radius 2 is 1.71 bits per heavy atom. The molecule has 1 aromatic heterocycles. The number of carbonyl (C=O) groups excluding carboxylic acids is 5. The van der Waals surface area contributed by atoms with E-state index in [9.17, 15) is 32.4 Å². The molecule has 3 aliphatic heterocycles. The molecule has 6 aliphatic rings. The van der Waals surface area contributed by atoms with Crippen LogP contribution in [-0.4, -0.2) is 96.7 Å². The smallest absolute Gasteiger partial charge is 0.407 e. The van der Waals surface area contributed by atoms with Gasteiger partial charge in [0.25, 0.3) is 11.8 Å². The van der Waals surface area contributed by atoms with Crippen LogP contribution in [0.1, 0.15) is 81.1 Å². The van der Waals surface area contributed by atoms with Crippen molar-refractivity contribution in [3.8, 4) is 17.0 Å². The second kappa shape index (κ2) is 14.6. The lowest BCUT2D eigenvalue weighted by Gasteiger charge is -2.30. The third kappa shape index (κ3) is 8.05. The van der Waals surface area contributed by atoms with Crippen LogP contribution < -0.4 is 25.4 Å². The number of carbonyl (C=O) groups is 5. The van der Waals surface area contributed by atoms with Gasteiger partial charge in [0.05, 0.1) is 17.6 Å². The monoisotopic (exact) mass is 774 g/mol. The van der Waals surface area contributed by atoms with Crippen molar-refractivity contribution < 1.29 is 41.9 Å². The predicted octanol–water partition coefficient (Wildman–Crippen LogP) is 2.72. The lowest BCUT2D eigenvalue weighted by atomic mass is 10.0. The van der Waals surface area contributed by atoms with E-state index in [0.717, 1.165) is 31.2 Å². The largest absolute Gasteiger partial charge is 0.493 e. The first-order chi connectivity index (χ1) is 26.4. The van der Waals surface area contributed by atoms with Crippen LogP contribution in [0.3, 0.4) is 0 Å². The molecule has 1 aromatic carbocycles. The number of benzene rings is 1. The maximum Gasteiger partial charge on any atom is 0.407 e. The van der Waals surface area contributed by atoms with E-state index in [4.69, 9.17) is 9.47 Å². The van der Waals surface area contributed by atoms with Gasteiger partial charge in [0, 0.05) is 29.5 Å². The van der Waals surface area contributed by atoms with E-state index in [1.807, 2.05) is 36.4 Å². The van der Waals surface area contributed by atoms with Gasteiger partial charge in [0.1, 0.15) is 35.7 Å². The van der Waals surface area contributed by atoms with E-state index < -0.39 is 74.6 Å². The number of pyridine rings is 1. The van der Waals surface area contributed by atoms with E-state index in [1.165, 1.54) is 4.90 Å². The summed E-state index contributed by atoms with van der Waals surface area (Å²) < 4.78 is 39.7. The molecule has 4 N–H and O–H groups in total. The topological polar surface area (TPSA) is 202 Å². The van der Waals surface area contributed by atoms with Crippen molar-refractivity contribution in [3.63, 3.8) is 0 Å². The Bertz CT molecular complexity index is 2030. The standard InChI is InChI=1S/C39H46N6O9S/c46-33-30-13-7-12-29(41-30)24-8-6-10-27(18-24)53-22-38(16-17-38)23-54-37(50)42-31-11-5-3-1-2-4-9-25-20-39(25,36(49)44-55(51,52)28-14-15-28)43-34(47)32-19-26(40-33)21-45(32)35(31)48/h4,6-10,12-13,18,25-26,28,31-32H,1-3,5,11,14-17,19-23H2,(H,40,46)(H,42,50)(H,43,47)(H,44,49)/b9-4-/t25-,26-,31+,32+,39-/m1/s1. The van der Waals surface area contributed by atoms with E-state index in [2.05, 4.69) is 25.7 Å². The minimum Gasteiger partial charge on any atom is -0.493 e. The summed E-state index contributed by atoms with van der Waals surface area (Å²) in [6, 6.07) is 9.58. The van der Waals surface area contributed by atoms with Gasteiger partial charge in [-0.2, -0.15) is 0 Å². The number of hydrogen-bond donors (Lipinski definition) is 4. The van der Waals surface area contributed by atoms with Crippen LogP contribution in [0.25, 0.3) is 11.3 Å². The number of cyclic esters (lactones) is 1. The molecule has 55 heavy (non-hydrogen) atoms. The van der Waals surface area contributed by atoms with Crippen molar-refractivity contribution in [1.29, 1.82) is 0 Å². The summed E-state index contributed by atoms with van der Waals surface area (Å²) >= 11 is 0. The van der Waals surface area contributed by atoms with Crippen molar-refractivity contribution in [2.24, 2.45) is 11.3 Å². The maximum absolute atomic E-state index is 14.5. The summed E-state index contributed by atoms with van der Waals surface area (Å²) in [6.45, 7) is 0.353. The lowest BCUT2D eigenvalue weighted by Crippen LogP contribution is -2.58. The van der Waals surface area contributed by atoms with Crippen molar-refractivity contribution in [1.82, 2.24) is 30.6 Å². The first kappa shape index (κ1) is 37.0. The van der Waals surface area contributed by atoms with Crippen molar-refractivity contribution >= 4 is 39.7 Å². The highest BCUT2D eigenvalue weighted by molar-refractivity contribution is 7.91. The van der Waals surface area contributed by atoms with Crippen LogP contribution in [0, 0.1) is 11.3 Å². The molecule has 2 aromatic rings. The van der Waals surface area contributed by atoms with Crippen LogP contribution in [0.2, 0.25) is 0 Å². The van der Waals surface area contributed by atoms with Crippen LogP contribution in [0.4, 0.5) is 4.79 Å². The van der Waals surface area contributed by atoms with Gasteiger partial charge in [-0.25, -0.2) is 18.2 Å². The molecule has 292 valence electrons. The van der Waals surface area contributed by atoms with Gasteiger partial charge in [-0.05, 0) is 82.1 Å². The highest BCUT2D eigenvalue weighted by atomic mass is 32.2. The maximum atomic E-state index is 14.5. The number of fused-ring (bicyclic) bond motifs is 8. The summed E-state index contributed by atoms with van der Waals surface area (Å²) in [5, 5.41) is 7.91. The fourth-order valence-corrected chi connectivity index (χ4v) is 9.14. The summed E-state index contributed by atoms with van der Waals surface area (Å²) in [5.41, 5.74) is -0.474. The number of alkyl carbamates (subject to hydrolysis) is 1. The average Bonchev–Trinajstić information content (AvgIpc) is 4.09. The fraction of sp³-hybridized carbons (Fsp3) is 0.538. The Hall–Kier alpha value is -4.99. The SMILES string of the molecule is O=C1N[C@H]2CCCCC/C=C\[C@@H]3C[C@@]3(C(=O)NS(=O)(=O)C3CC3)NC(=O)[C@@H]3C[C@H](CN3C2=O)NC(=O)c2cccc(n2)-c2cccc(c2)OCC2(CC2)CO1. The minimum atomic E-state index is -3.91. The number of amides is 5. The second-order valence-electron chi connectivity index (χ2n) is 15.9. The quantitative estimate of drug-likeness (QED) is 0.336. The zero-order valence-electron chi connectivity index (χ0n) is 30.5. The number of sulfonamides is 1. The third-order valence-electron chi connectivity index (χ3n) is 11.6. The van der Waals surface area contributed by atoms with Crippen LogP contribution >= 0.6 is 0 Å². The van der Waals surface area contributed by atoms with Gasteiger partial charge in [0.2, 0.25) is 21.8 Å². The molecular formula is C39H46N6O9S. The number of nitrogens with zero attached hydrogens (tertiary/aromatic N) is 2. The zero-order valence-corrected chi connectivity index (χ0v) is 31.3. The molecule has 4 heterocycles. The summed E-state index contributed by atoms with van der Waals surface area (Å²) in [5.74, 6) is -2.35. The minimum absolute atomic E-state index is 0.000647. The van der Waals surface area contributed by atoms with E-state index >= 15 is 0 Å². The summed E-state index contributed by atoms with van der Waals surface area (Å²) in [6.07, 6.45) is 8.82. The van der Waals surface area contributed by atoms with E-state index in [1.54, 1.807) is 18.2 Å². The summed E-state index contributed by atoms with van der Waals surface area (Å²) in [7, 11) is -3.91. The molecule has 1 spiro atoms. The number of rotatable bonds is 3. The number of nitrogens with one attached hydrogen (secondary N) is 4. The molecule has 5 atom stereocenters. The molecule has 15 nitrogen and oxygen atoms in total. The van der Waals surface area contributed by atoms with Crippen LogP contribution in [-0.2, 0) is 29.1 Å². The van der Waals surface area contributed by atoms with Gasteiger partial charge in [-0.15, -0.1) is 0 Å². The zero-order chi connectivity index (χ0) is 38.4. The molecule has 16 heteroatoms. The predicted molar refractivity (Wildman–Crippen MR) is 198 cm³/mol.